The summed E-state index contributed by atoms with van der Waals surface area (Å²) in [5.41, 5.74) is 2.59. The first-order chi connectivity index (χ1) is 13.5. The molecule has 3 aromatic rings. The zero-order chi connectivity index (χ0) is 19.7. The Morgan fingerprint density at radius 2 is 1.79 bits per heavy atom. The van der Waals surface area contributed by atoms with E-state index >= 15 is 0 Å². The zero-order valence-corrected chi connectivity index (χ0v) is 16.0. The second-order valence-corrected chi connectivity index (χ2v) is 7.04. The molecule has 8 nitrogen and oxygen atoms in total. The van der Waals surface area contributed by atoms with Crippen molar-refractivity contribution in [3.63, 3.8) is 0 Å². The Hall–Kier alpha value is -3.29. The highest BCUT2D eigenvalue weighted by Gasteiger charge is 2.22. The van der Waals surface area contributed by atoms with Crippen molar-refractivity contribution in [3.05, 3.63) is 53.1 Å². The van der Waals surface area contributed by atoms with Crippen molar-refractivity contribution in [3.8, 4) is 0 Å². The minimum Gasteiger partial charge on any atom is -0.339 e. The monoisotopic (exact) mass is 378 g/mol. The SMILES string of the molecule is Cc1cc(C)n2nc(C(=O)Nc3ccccc3C(=O)N3CCCCC3)nc2n1. The first kappa shape index (κ1) is 18.1. The third-order valence-electron chi connectivity index (χ3n) is 4.87. The number of para-hydroxylation sites is 1. The molecule has 0 atom stereocenters. The minimum atomic E-state index is -0.471. The normalized spacial score (nSPS) is 14.3. The van der Waals surface area contributed by atoms with Crippen LogP contribution in [0.25, 0.3) is 5.78 Å². The average molecular weight is 378 g/mol. The maximum atomic E-state index is 12.9. The van der Waals surface area contributed by atoms with Crippen LogP contribution < -0.4 is 5.32 Å². The molecule has 0 spiro atoms. The molecule has 0 unspecified atom stereocenters. The van der Waals surface area contributed by atoms with Gasteiger partial charge in [0, 0.05) is 24.5 Å². The highest BCUT2D eigenvalue weighted by atomic mass is 16.2. The Kier molecular flexibility index (Phi) is 4.77. The number of piperidine rings is 1. The number of carbonyl (C=O) groups excluding carboxylic acids is 2. The van der Waals surface area contributed by atoms with E-state index in [9.17, 15) is 9.59 Å². The van der Waals surface area contributed by atoms with E-state index in [4.69, 9.17) is 0 Å². The number of amides is 2. The largest absolute Gasteiger partial charge is 0.339 e. The number of likely N-dealkylation sites (tertiary alicyclic amines) is 1. The molecule has 1 saturated heterocycles. The molecule has 0 radical (unpaired) electrons. The van der Waals surface area contributed by atoms with Crippen molar-refractivity contribution in [1.82, 2.24) is 24.5 Å². The summed E-state index contributed by atoms with van der Waals surface area (Å²) < 4.78 is 1.53. The first-order valence-electron chi connectivity index (χ1n) is 9.43. The third-order valence-corrected chi connectivity index (χ3v) is 4.87. The van der Waals surface area contributed by atoms with Gasteiger partial charge in [0.05, 0.1) is 11.3 Å². The lowest BCUT2D eigenvalue weighted by atomic mass is 10.1. The van der Waals surface area contributed by atoms with Gasteiger partial charge in [0.25, 0.3) is 17.6 Å². The van der Waals surface area contributed by atoms with Crippen LogP contribution in [-0.2, 0) is 0 Å². The summed E-state index contributed by atoms with van der Waals surface area (Å²) in [5, 5.41) is 7.04. The third kappa shape index (κ3) is 3.45. The number of rotatable bonds is 3. The Balaban J connectivity index is 1.60. The molecule has 8 heteroatoms. The highest BCUT2D eigenvalue weighted by Crippen LogP contribution is 2.20. The fraction of sp³-hybridized carbons (Fsp3) is 0.350. The van der Waals surface area contributed by atoms with E-state index < -0.39 is 5.91 Å². The number of hydrogen-bond donors (Lipinski definition) is 1. The molecule has 1 fully saturated rings. The Bertz CT molecular complexity index is 1050. The summed E-state index contributed by atoms with van der Waals surface area (Å²) >= 11 is 0. The lowest BCUT2D eigenvalue weighted by Crippen LogP contribution is -2.36. The van der Waals surface area contributed by atoms with Gasteiger partial charge in [0.1, 0.15) is 0 Å². The van der Waals surface area contributed by atoms with Crippen molar-refractivity contribution >= 4 is 23.3 Å². The molecule has 1 aliphatic heterocycles. The van der Waals surface area contributed by atoms with Crippen LogP contribution in [0.1, 0.15) is 51.6 Å². The first-order valence-corrected chi connectivity index (χ1v) is 9.43. The van der Waals surface area contributed by atoms with E-state index in [0.717, 1.165) is 43.7 Å². The minimum absolute atomic E-state index is 0.0152. The lowest BCUT2D eigenvalue weighted by molar-refractivity contribution is 0.0725. The number of anilines is 1. The number of carbonyl (C=O) groups is 2. The summed E-state index contributed by atoms with van der Waals surface area (Å²) in [7, 11) is 0. The van der Waals surface area contributed by atoms with Crippen molar-refractivity contribution in [2.45, 2.75) is 33.1 Å². The number of nitrogens with one attached hydrogen (secondary N) is 1. The van der Waals surface area contributed by atoms with Gasteiger partial charge in [-0.25, -0.2) is 9.50 Å². The predicted octanol–water partition coefficient (Wildman–Crippen LogP) is 2.62. The number of aromatic nitrogens is 4. The second kappa shape index (κ2) is 7.38. The second-order valence-electron chi connectivity index (χ2n) is 7.04. The van der Waals surface area contributed by atoms with Crippen LogP contribution in [0.2, 0.25) is 0 Å². The molecular formula is C20H22N6O2. The molecule has 1 aromatic carbocycles. The van der Waals surface area contributed by atoms with Crippen molar-refractivity contribution in [1.29, 1.82) is 0 Å². The Labute approximate surface area is 162 Å². The molecule has 144 valence electrons. The number of nitrogens with zero attached hydrogens (tertiary/aromatic N) is 5. The molecule has 3 heterocycles. The van der Waals surface area contributed by atoms with Gasteiger partial charge < -0.3 is 10.2 Å². The van der Waals surface area contributed by atoms with Crippen molar-refractivity contribution in [2.75, 3.05) is 18.4 Å². The van der Waals surface area contributed by atoms with Crippen molar-refractivity contribution in [2.24, 2.45) is 0 Å². The summed E-state index contributed by atoms with van der Waals surface area (Å²) in [6.07, 6.45) is 3.17. The van der Waals surface area contributed by atoms with Gasteiger partial charge in [-0.05, 0) is 51.3 Å². The number of fused-ring (bicyclic) bond motifs is 1. The van der Waals surface area contributed by atoms with Gasteiger partial charge in [-0.1, -0.05) is 12.1 Å². The maximum Gasteiger partial charge on any atom is 0.295 e. The van der Waals surface area contributed by atoms with Crippen LogP contribution in [0.3, 0.4) is 0 Å². The molecule has 1 aliphatic rings. The summed E-state index contributed by atoms with van der Waals surface area (Å²) in [5.74, 6) is -0.144. The van der Waals surface area contributed by atoms with Crippen LogP contribution in [0.15, 0.2) is 30.3 Å². The van der Waals surface area contributed by atoms with Gasteiger partial charge in [-0.2, -0.15) is 4.98 Å². The van der Waals surface area contributed by atoms with Crippen molar-refractivity contribution < 1.29 is 9.59 Å². The molecule has 0 aliphatic carbocycles. The van der Waals surface area contributed by atoms with Gasteiger partial charge in [0.2, 0.25) is 5.82 Å². The molecule has 28 heavy (non-hydrogen) atoms. The molecule has 2 amide bonds. The fourth-order valence-corrected chi connectivity index (χ4v) is 3.49. The molecular weight excluding hydrogens is 356 g/mol. The van der Waals surface area contributed by atoms with Crippen LogP contribution in [0.5, 0.6) is 0 Å². The standard InChI is InChI=1S/C20H22N6O2/c1-13-12-14(2)26-20(21-13)23-17(24-26)18(27)22-16-9-5-4-8-15(16)19(28)25-10-6-3-7-11-25/h4-5,8-9,12H,3,6-7,10-11H2,1-2H3,(H,22,27). The van der Waals surface area contributed by atoms with E-state index in [1.54, 1.807) is 24.3 Å². The van der Waals surface area contributed by atoms with E-state index in [-0.39, 0.29) is 11.7 Å². The van der Waals surface area contributed by atoms with E-state index in [1.165, 1.54) is 4.52 Å². The summed E-state index contributed by atoms with van der Waals surface area (Å²) in [4.78, 5) is 36.0. The van der Waals surface area contributed by atoms with Gasteiger partial charge in [0.15, 0.2) is 0 Å². The van der Waals surface area contributed by atoms with Gasteiger partial charge >= 0.3 is 0 Å². The predicted molar refractivity (Wildman–Crippen MR) is 104 cm³/mol. The quantitative estimate of drug-likeness (QED) is 0.756. The number of hydrogen-bond acceptors (Lipinski definition) is 5. The molecule has 4 rings (SSSR count). The van der Waals surface area contributed by atoms with Crippen LogP contribution in [0.4, 0.5) is 5.69 Å². The Morgan fingerprint density at radius 3 is 2.57 bits per heavy atom. The van der Waals surface area contributed by atoms with Crippen LogP contribution >= 0.6 is 0 Å². The van der Waals surface area contributed by atoms with Gasteiger partial charge in [-0.3, -0.25) is 9.59 Å². The average Bonchev–Trinajstić information content (AvgIpc) is 3.13. The highest BCUT2D eigenvalue weighted by molar-refractivity contribution is 6.07. The smallest absolute Gasteiger partial charge is 0.295 e. The topological polar surface area (TPSA) is 92.5 Å². The summed E-state index contributed by atoms with van der Waals surface area (Å²) in [6, 6.07) is 8.91. The zero-order valence-electron chi connectivity index (χ0n) is 16.0. The van der Waals surface area contributed by atoms with Crippen LogP contribution in [0, 0.1) is 13.8 Å². The van der Waals surface area contributed by atoms with E-state index in [1.807, 2.05) is 24.8 Å². The lowest BCUT2D eigenvalue weighted by Gasteiger charge is -2.27. The van der Waals surface area contributed by atoms with Crippen LogP contribution in [-0.4, -0.2) is 49.4 Å². The summed E-state index contributed by atoms with van der Waals surface area (Å²) in [6.45, 7) is 5.24. The Morgan fingerprint density at radius 1 is 1.04 bits per heavy atom. The fourth-order valence-electron chi connectivity index (χ4n) is 3.49. The molecule has 0 saturated carbocycles. The number of benzene rings is 1. The molecule has 1 N–H and O–H groups in total. The maximum absolute atomic E-state index is 12.9. The van der Waals surface area contributed by atoms with Gasteiger partial charge in [-0.15, -0.1) is 5.10 Å². The molecule has 0 bridgehead atoms. The van der Waals surface area contributed by atoms with E-state index in [2.05, 4.69) is 20.4 Å². The molecule has 2 aromatic heterocycles. The number of aryl methyl sites for hydroxylation is 2. The van der Waals surface area contributed by atoms with E-state index in [0.29, 0.717) is 17.0 Å².